The minimum atomic E-state index is -3.66. The van der Waals surface area contributed by atoms with Gasteiger partial charge >= 0.3 is 0 Å². The zero-order valence-corrected chi connectivity index (χ0v) is 16.9. The van der Waals surface area contributed by atoms with E-state index in [4.69, 9.17) is 22.1 Å². The molecule has 2 aromatic carbocycles. The van der Waals surface area contributed by atoms with E-state index < -0.39 is 10.0 Å². The first-order valence-corrected chi connectivity index (χ1v) is 10.7. The highest BCUT2D eigenvalue weighted by Gasteiger charge is 2.32. The van der Waals surface area contributed by atoms with Crippen molar-refractivity contribution in [3.05, 3.63) is 58.6 Å². The number of halogens is 1. The summed E-state index contributed by atoms with van der Waals surface area (Å²) in [5, 5.41) is 20.8. The van der Waals surface area contributed by atoms with Crippen molar-refractivity contribution < 1.29 is 13.2 Å². The summed E-state index contributed by atoms with van der Waals surface area (Å²) in [7, 11) is -3.66. The third-order valence-electron chi connectivity index (χ3n) is 4.80. The Hall–Kier alpha value is -2.91. The van der Waals surface area contributed by atoms with Crippen LogP contribution in [-0.2, 0) is 14.8 Å². The number of anilines is 1. The minimum Gasteiger partial charge on any atom is -0.326 e. The van der Waals surface area contributed by atoms with E-state index in [-0.39, 0.29) is 34.8 Å². The maximum atomic E-state index is 12.8. The largest absolute Gasteiger partial charge is 0.326 e. The monoisotopic (exact) mass is 428 g/mol. The molecule has 0 unspecified atom stereocenters. The number of rotatable bonds is 4. The quantitative estimate of drug-likeness (QED) is 0.803. The van der Waals surface area contributed by atoms with Gasteiger partial charge in [0.25, 0.3) is 0 Å². The Morgan fingerprint density at radius 2 is 1.72 bits per heavy atom. The van der Waals surface area contributed by atoms with Crippen LogP contribution in [0.4, 0.5) is 5.69 Å². The van der Waals surface area contributed by atoms with Crippen molar-refractivity contribution in [2.24, 2.45) is 5.92 Å². The predicted octanol–water partition coefficient (Wildman–Crippen LogP) is 3.12. The standard InChI is InChI=1S/C20H17ClN4O3S/c21-19-11-17(4-3-16(19)13-23)24-20(26)15-7-9-25(10-8-15)29(27,28)18-5-1-14(12-22)2-6-18/h1-6,11,15H,7-10H2,(H,24,26). The van der Waals surface area contributed by atoms with Crippen LogP contribution in [0.25, 0.3) is 0 Å². The highest BCUT2D eigenvalue weighted by molar-refractivity contribution is 7.89. The van der Waals surface area contributed by atoms with Gasteiger partial charge in [-0.05, 0) is 55.3 Å². The molecule has 1 heterocycles. The fraction of sp³-hybridized carbons (Fsp3) is 0.250. The Morgan fingerprint density at radius 3 is 2.28 bits per heavy atom. The van der Waals surface area contributed by atoms with Gasteiger partial charge in [-0.1, -0.05) is 11.6 Å². The number of sulfonamides is 1. The van der Waals surface area contributed by atoms with Crippen LogP contribution in [0.1, 0.15) is 24.0 Å². The molecule has 1 fully saturated rings. The number of nitrogens with one attached hydrogen (secondary N) is 1. The lowest BCUT2D eigenvalue weighted by Crippen LogP contribution is -2.41. The van der Waals surface area contributed by atoms with Crippen LogP contribution in [0.2, 0.25) is 5.02 Å². The number of hydrogen-bond acceptors (Lipinski definition) is 5. The van der Waals surface area contributed by atoms with Gasteiger partial charge in [0, 0.05) is 24.7 Å². The molecule has 0 bridgehead atoms. The van der Waals surface area contributed by atoms with E-state index in [1.165, 1.54) is 40.7 Å². The Labute approximate surface area is 174 Å². The van der Waals surface area contributed by atoms with Gasteiger partial charge in [0.05, 0.1) is 27.1 Å². The van der Waals surface area contributed by atoms with Crippen LogP contribution >= 0.6 is 11.6 Å². The maximum Gasteiger partial charge on any atom is 0.243 e. The van der Waals surface area contributed by atoms with Gasteiger partial charge < -0.3 is 5.32 Å². The number of nitriles is 2. The number of benzene rings is 2. The van der Waals surface area contributed by atoms with E-state index in [1.807, 2.05) is 12.1 Å². The minimum absolute atomic E-state index is 0.131. The Bertz CT molecular complexity index is 1110. The van der Waals surface area contributed by atoms with Gasteiger partial charge in [-0.3, -0.25) is 4.79 Å². The van der Waals surface area contributed by atoms with E-state index in [1.54, 1.807) is 6.07 Å². The predicted molar refractivity (Wildman–Crippen MR) is 107 cm³/mol. The molecule has 1 aliphatic rings. The molecule has 0 aromatic heterocycles. The number of carbonyl (C=O) groups is 1. The van der Waals surface area contributed by atoms with Gasteiger partial charge in [0.2, 0.25) is 15.9 Å². The molecule has 1 aliphatic heterocycles. The highest BCUT2D eigenvalue weighted by atomic mass is 35.5. The molecule has 7 nitrogen and oxygen atoms in total. The summed E-state index contributed by atoms with van der Waals surface area (Å²) < 4.78 is 26.9. The van der Waals surface area contributed by atoms with Crippen LogP contribution in [0.5, 0.6) is 0 Å². The molecule has 9 heteroatoms. The summed E-state index contributed by atoms with van der Waals surface area (Å²) >= 11 is 5.98. The van der Waals surface area contributed by atoms with Crippen LogP contribution in [0, 0.1) is 28.6 Å². The third-order valence-corrected chi connectivity index (χ3v) is 7.03. The zero-order chi connectivity index (χ0) is 21.0. The SMILES string of the molecule is N#Cc1ccc(S(=O)(=O)N2CCC(C(=O)Nc3ccc(C#N)c(Cl)c3)CC2)cc1. The second kappa shape index (κ2) is 8.62. The summed E-state index contributed by atoms with van der Waals surface area (Å²) in [6.45, 7) is 0.461. The lowest BCUT2D eigenvalue weighted by atomic mass is 9.97. The normalized spacial score (nSPS) is 15.3. The van der Waals surface area contributed by atoms with Crippen LogP contribution in [-0.4, -0.2) is 31.7 Å². The molecule has 0 atom stereocenters. The summed E-state index contributed by atoms with van der Waals surface area (Å²) in [6, 6.07) is 14.3. The van der Waals surface area contributed by atoms with Gasteiger partial charge in [-0.15, -0.1) is 0 Å². The third kappa shape index (κ3) is 4.57. The van der Waals surface area contributed by atoms with E-state index >= 15 is 0 Å². The smallest absolute Gasteiger partial charge is 0.243 e. The molecule has 29 heavy (non-hydrogen) atoms. The average Bonchev–Trinajstić information content (AvgIpc) is 2.74. The highest BCUT2D eigenvalue weighted by Crippen LogP contribution is 2.26. The second-order valence-electron chi connectivity index (χ2n) is 6.61. The van der Waals surface area contributed by atoms with E-state index in [0.717, 1.165) is 0 Å². The van der Waals surface area contributed by atoms with Crippen molar-refractivity contribution in [1.82, 2.24) is 4.31 Å². The summed E-state index contributed by atoms with van der Waals surface area (Å²) in [5.41, 5.74) is 1.21. The molecule has 3 rings (SSSR count). The second-order valence-corrected chi connectivity index (χ2v) is 8.96. The summed E-state index contributed by atoms with van der Waals surface area (Å²) in [5.74, 6) is -0.530. The molecule has 0 radical (unpaired) electrons. The summed E-state index contributed by atoms with van der Waals surface area (Å²) in [6.07, 6.45) is 0.788. The Kier molecular flexibility index (Phi) is 6.19. The van der Waals surface area contributed by atoms with E-state index in [0.29, 0.717) is 29.7 Å². The first-order chi connectivity index (χ1) is 13.8. The van der Waals surface area contributed by atoms with Crippen LogP contribution in [0.3, 0.4) is 0 Å². The average molecular weight is 429 g/mol. The topological polar surface area (TPSA) is 114 Å². The first-order valence-electron chi connectivity index (χ1n) is 8.86. The molecule has 1 saturated heterocycles. The summed E-state index contributed by atoms with van der Waals surface area (Å²) in [4.78, 5) is 12.6. The number of nitrogens with zero attached hydrogens (tertiary/aromatic N) is 3. The van der Waals surface area contributed by atoms with Gasteiger partial charge in [0.1, 0.15) is 6.07 Å². The Morgan fingerprint density at radius 1 is 1.07 bits per heavy atom. The van der Waals surface area contributed by atoms with Gasteiger partial charge in [0.15, 0.2) is 0 Å². The lowest BCUT2D eigenvalue weighted by Gasteiger charge is -2.30. The van der Waals surface area contributed by atoms with Crippen molar-refractivity contribution in [3.8, 4) is 12.1 Å². The molecule has 1 N–H and O–H groups in total. The van der Waals surface area contributed by atoms with Crippen LogP contribution < -0.4 is 5.32 Å². The Balaban J connectivity index is 1.62. The number of piperidine rings is 1. The van der Waals surface area contributed by atoms with Gasteiger partial charge in [-0.25, -0.2) is 8.42 Å². The van der Waals surface area contributed by atoms with Crippen molar-refractivity contribution >= 4 is 33.2 Å². The fourth-order valence-electron chi connectivity index (χ4n) is 3.14. The van der Waals surface area contributed by atoms with Gasteiger partial charge in [-0.2, -0.15) is 14.8 Å². The van der Waals surface area contributed by atoms with Crippen molar-refractivity contribution in [2.45, 2.75) is 17.7 Å². The number of amides is 1. The lowest BCUT2D eigenvalue weighted by molar-refractivity contribution is -0.120. The molecule has 0 saturated carbocycles. The van der Waals surface area contributed by atoms with Crippen molar-refractivity contribution in [3.63, 3.8) is 0 Å². The zero-order valence-electron chi connectivity index (χ0n) is 15.3. The van der Waals surface area contributed by atoms with E-state index in [2.05, 4.69) is 5.32 Å². The molecular formula is C20H17ClN4O3S. The molecule has 1 amide bonds. The van der Waals surface area contributed by atoms with Crippen LogP contribution in [0.15, 0.2) is 47.4 Å². The molecule has 0 aliphatic carbocycles. The molecular weight excluding hydrogens is 412 g/mol. The maximum absolute atomic E-state index is 12.8. The fourth-order valence-corrected chi connectivity index (χ4v) is 4.83. The number of hydrogen-bond donors (Lipinski definition) is 1. The first kappa shape index (κ1) is 20.8. The number of carbonyl (C=O) groups excluding carboxylic acids is 1. The molecule has 2 aromatic rings. The molecule has 0 spiro atoms. The van der Waals surface area contributed by atoms with Crippen molar-refractivity contribution in [2.75, 3.05) is 18.4 Å². The molecule has 148 valence electrons. The van der Waals surface area contributed by atoms with Crippen molar-refractivity contribution in [1.29, 1.82) is 10.5 Å². The van der Waals surface area contributed by atoms with E-state index in [9.17, 15) is 13.2 Å².